The third-order valence-corrected chi connectivity index (χ3v) is 4.07. The van der Waals surface area contributed by atoms with Crippen molar-refractivity contribution in [1.82, 2.24) is 10.6 Å². The molecule has 0 spiro atoms. The average molecular weight is 378 g/mol. The second-order valence-electron chi connectivity index (χ2n) is 5.23. The van der Waals surface area contributed by atoms with Gasteiger partial charge in [0.15, 0.2) is 6.10 Å². The number of halogens is 2. The molecule has 1 unspecified atom stereocenters. The van der Waals surface area contributed by atoms with Gasteiger partial charge in [0.05, 0.1) is 4.47 Å². The minimum atomic E-state index is -0.496. The minimum Gasteiger partial charge on any atom is -0.480 e. The number of amides is 1. The number of carbonyl (C=O) groups is 1. The second kappa shape index (κ2) is 8.61. The number of piperidine rings is 1. The fourth-order valence-electron chi connectivity index (χ4n) is 2.23. The summed E-state index contributed by atoms with van der Waals surface area (Å²) in [6.45, 7) is 5.72. The highest BCUT2D eigenvalue weighted by atomic mass is 79.9. The Morgan fingerprint density at radius 1 is 1.43 bits per heavy atom. The maximum Gasteiger partial charge on any atom is 0.260 e. The Morgan fingerprint density at radius 2 is 2.10 bits per heavy atom. The molecule has 6 heteroatoms. The van der Waals surface area contributed by atoms with Crippen molar-refractivity contribution in [3.63, 3.8) is 0 Å². The third-order valence-electron chi connectivity index (χ3n) is 3.45. The smallest absolute Gasteiger partial charge is 0.260 e. The van der Waals surface area contributed by atoms with Crippen molar-refractivity contribution in [3.05, 3.63) is 28.2 Å². The Hall–Kier alpha value is -0.780. The zero-order chi connectivity index (χ0) is 14.5. The van der Waals surface area contributed by atoms with E-state index in [2.05, 4.69) is 26.6 Å². The van der Waals surface area contributed by atoms with Gasteiger partial charge >= 0.3 is 0 Å². The van der Waals surface area contributed by atoms with Gasteiger partial charge in [-0.05, 0) is 73.4 Å². The van der Waals surface area contributed by atoms with Gasteiger partial charge in [-0.2, -0.15) is 0 Å². The van der Waals surface area contributed by atoms with Gasteiger partial charge in [-0.3, -0.25) is 4.79 Å². The van der Waals surface area contributed by atoms with Crippen LogP contribution in [0.25, 0.3) is 0 Å². The van der Waals surface area contributed by atoms with Crippen LogP contribution in [0.4, 0.5) is 0 Å². The molecular formula is C15H22BrClN2O2. The maximum atomic E-state index is 12.1. The van der Waals surface area contributed by atoms with Gasteiger partial charge in [0, 0.05) is 6.04 Å². The third kappa shape index (κ3) is 5.49. The van der Waals surface area contributed by atoms with Crippen LogP contribution >= 0.6 is 28.3 Å². The Balaban J connectivity index is 0.00000220. The monoisotopic (exact) mass is 376 g/mol. The number of benzene rings is 1. The first-order chi connectivity index (χ1) is 9.56. The van der Waals surface area contributed by atoms with Gasteiger partial charge in [0.25, 0.3) is 5.91 Å². The molecule has 1 aromatic rings. The molecular weight excluding hydrogens is 356 g/mol. The number of hydrogen-bond acceptors (Lipinski definition) is 3. The summed E-state index contributed by atoms with van der Waals surface area (Å²) in [7, 11) is 0. The fraction of sp³-hybridized carbons (Fsp3) is 0.533. The van der Waals surface area contributed by atoms with Crippen molar-refractivity contribution in [3.8, 4) is 5.75 Å². The van der Waals surface area contributed by atoms with Crippen molar-refractivity contribution in [2.24, 2.45) is 0 Å². The van der Waals surface area contributed by atoms with E-state index in [9.17, 15) is 4.79 Å². The molecule has 1 heterocycles. The van der Waals surface area contributed by atoms with Crippen LogP contribution < -0.4 is 15.4 Å². The standard InChI is InChI=1S/C15H21BrN2O2.ClH/c1-10-3-4-14(13(16)9-10)20-11(2)15(19)18-12-5-7-17-8-6-12;/h3-4,9,11-12,17H,5-8H2,1-2H3,(H,18,19);1H. The SMILES string of the molecule is Cc1ccc(OC(C)C(=O)NC2CCNCC2)c(Br)c1.Cl. The van der Waals surface area contributed by atoms with E-state index in [0.29, 0.717) is 5.75 Å². The summed E-state index contributed by atoms with van der Waals surface area (Å²) in [6, 6.07) is 6.09. The molecule has 4 nitrogen and oxygen atoms in total. The van der Waals surface area contributed by atoms with Crippen LogP contribution in [-0.4, -0.2) is 31.1 Å². The highest BCUT2D eigenvalue weighted by molar-refractivity contribution is 9.10. The Kier molecular flexibility index (Phi) is 7.49. The molecule has 0 radical (unpaired) electrons. The summed E-state index contributed by atoms with van der Waals surface area (Å²) in [4.78, 5) is 12.1. The van der Waals surface area contributed by atoms with Crippen LogP contribution in [0.3, 0.4) is 0 Å². The molecule has 0 bridgehead atoms. The molecule has 0 aliphatic carbocycles. The Labute approximate surface area is 140 Å². The first-order valence-electron chi connectivity index (χ1n) is 7.00. The fourth-order valence-corrected chi connectivity index (χ4v) is 2.82. The molecule has 1 aliphatic heterocycles. The van der Waals surface area contributed by atoms with Crippen LogP contribution in [0, 0.1) is 6.92 Å². The number of aryl methyl sites for hydroxylation is 1. The van der Waals surface area contributed by atoms with E-state index < -0.39 is 6.10 Å². The number of ether oxygens (including phenoxy) is 1. The lowest BCUT2D eigenvalue weighted by molar-refractivity contribution is -0.128. The van der Waals surface area contributed by atoms with Crippen LogP contribution in [0.2, 0.25) is 0 Å². The molecule has 1 aliphatic rings. The summed E-state index contributed by atoms with van der Waals surface area (Å²) >= 11 is 3.46. The molecule has 0 saturated carbocycles. The van der Waals surface area contributed by atoms with Crippen LogP contribution in [0.5, 0.6) is 5.75 Å². The van der Waals surface area contributed by atoms with E-state index >= 15 is 0 Å². The number of nitrogens with one attached hydrogen (secondary N) is 2. The van der Waals surface area contributed by atoms with Crippen molar-refractivity contribution < 1.29 is 9.53 Å². The first-order valence-corrected chi connectivity index (χ1v) is 7.79. The molecule has 2 N–H and O–H groups in total. The lowest BCUT2D eigenvalue weighted by Crippen LogP contribution is -2.47. The average Bonchev–Trinajstić information content (AvgIpc) is 2.43. The van der Waals surface area contributed by atoms with E-state index in [4.69, 9.17) is 4.74 Å². The topological polar surface area (TPSA) is 50.4 Å². The predicted octanol–water partition coefficient (Wildman–Crippen LogP) is 2.81. The van der Waals surface area contributed by atoms with Gasteiger partial charge in [-0.15, -0.1) is 12.4 Å². The van der Waals surface area contributed by atoms with Crippen molar-refractivity contribution in [2.45, 2.75) is 38.8 Å². The summed E-state index contributed by atoms with van der Waals surface area (Å²) in [5, 5.41) is 6.33. The molecule has 1 atom stereocenters. The maximum absolute atomic E-state index is 12.1. The summed E-state index contributed by atoms with van der Waals surface area (Å²) in [5.41, 5.74) is 1.15. The van der Waals surface area contributed by atoms with E-state index in [1.807, 2.05) is 25.1 Å². The molecule has 0 aromatic heterocycles. The normalized spacial score (nSPS) is 16.7. The summed E-state index contributed by atoms with van der Waals surface area (Å²) in [6.07, 6.45) is 1.46. The lowest BCUT2D eigenvalue weighted by atomic mass is 10.1. The number of carbonyl (C=O) groups excluding carboxylic acids is 1. The minimum absolute atomic E-state index is 0. The second-order valence-corrected chi connectivity index (χ2v) is 6.08. The van der Waals surface area contributed by atoms with E-state index in [1.165, 1.54) is 0 Å². The quantitative estimate of drug-likeness (QED) is 0.848. The van der Waals surface area contributed by atoms with Crippen LogP contribution in [-0.2, 0) is 4.79 Å². The van der Waals surface area contributed by atoms with Gasteiger partial charge in [0.1, 0.15) is 5.75 Å². The summed E-state index contributed by atoms with van der Waals surface area (Å²) in [5.74, 6) is 0.646. The van der Waals surface area contributed by atoms with E-state index in [1.54, 1.807) is 6.92 Å². The van der Waals surface area contributed by atoms with Crippen molar-refractivity contribution >= 4 is 34.2 Å². The van der Waals surface area contributed by atoms with Gasteiger partial charge in [-0.1, -0.05) is 6.07 Å². The summed E-state index contributed by atoms with van der Waals surface area (Å²) < 4.78 is 6.60. The highest BCUT2D eigenvalue weighted by Gasteiger charge is 2.21. The van der Waals surface area contributed by atoms with Crippen LogP contribution in [0.1, 0.15) is 25.3 Å². The Morgan fingerprint density at radius 3 is 2.71 bits per heavy atom. The lowest BCUT2D eigenvalue weighted by Gasteiger charge is -2.25. The first kappa shape index (κ1) is 18.3. The van der Waals surface area contributed by atoms with Gasteiger partial charge in [-0.25, -0.2) is 0 Å². The van der Waals surface area contributed by atoms with Gasteiger partial charge in [0.2, 0.25) is 0 Å². The van der Waals surface area contributed by atoms with E-state index in [-0.39, 0.29) is 24.4 Å². The molecule has 1 amide bonds. The van der Waals surface area contributed by atoms with Crippen molar-refractivity contribution in [2.75, 3.05) is 13.1 Å². The van der Waals surface area contributed by atoms with Crippen LogP contribution in [0.15, 0.2) is 22.7 Å². The number of rotatable bonds is 4. The molecule has 1 saturated heterocycles. The van der Waals surface area contributed by atoms with E-state index in [0.717, 1.165) is 36.0 Å². The molecule has 118 valence electrons. The van der Waals surface area contributed by atoms with Gasteiger partial charge < -0.3 is 15.4 Å². The zero-order valence-electron chi connectivity index (χ0n) is 12.3. The van der Waals surface area contributed by atoms with Crippen molar-refractivity contribution in [1.29, 1.82) is 0 Å². The molecule has 1 aromatic carbocycles. The molecule has 21 heavy (non-hydrogen) atoms. The predicted molar refractivity (Wildman–Crippen MR) is 90.3 cm³/mol. The highest BCUT2D eigenvalue weighted by Crippen LogP contribution is 2.26. The molecule has 1 fully saturated rings. The number of hydrogen-bond donors (Lipinski definition) is 2. The molecule has 2 rings (SSSR count). The Bertz CT molecular complexity index is 479. The zero-order valence-corrected chi connectivity index (χ0v) is 14.7. The largest absolute Gasteiger partial charge is 0.480 e.